The molecule has 0 radical (unpaired) electrons. The number of carbonyl (C=O) groups is 1. The highest BCUT2D eigenvalue weighted by Gasteiger charge is 2.21. The molecule has 0 bridgehead atoms. The van der Waals surface area contributed by atoms with Gasteiger partial charge in [-0.3, -0.25) is 4.79 Å². The summed E-state index contributed by atoms with van der Waals surface area (Å²) in [6.07, 6.45) is 0. The van der Waals surface area contributed by atoms with Gasteiger partial charge in [0.2, 0.25) is 0 Å². The van der Waals surface area contributed by atoms with Crippen molar-refractivity contribution in [3.05, 3.63) is 53.6 Å². The summed E-state index contributed by atoms with van der Waals surface area (Å²) < 4.78 is 19.0. The summed E-state index contributed by atoms with van der Waals surface area (Å²) in [6, 6.07) is 14.1. The highest BCUT2D eigenvalue weighted by molar-refractivity contribution is 7.97. The second-order valence-electron chi connectivity index (χ2n) is 7.83. The lowest BCUT2D eigenvalue weighted by molar-refractivity contribution is 0.0773. The number of morpholine rings is 2. The number of ether oxygens (including phenoxy) is 3. The Labute approximate surface area is 194 Å². The minimum Gasteiger partial charge on any atom is -0.492 e. The largest absolute Gasteiger partial charge is 0.492 e. The maximum absolute atomic E-state index is 13.2. The fourth-order valence-electron chi connectivity index (χ4n) is 3.75. The minimum atomic E-state index is -0.0799. The molecule has 172 valence electrons. The number of hydrogen-bond donors (Lipinski definition) is 1. The number of hydrogen-bond acceptors (Lipinski definition) is 7. The zero-order valence-electron chi connectivity index (χ0n) is 18.5. The maximum Gasteiger partial charge on any atom is 0.253 e. The molecule has 32 heavy (non-hydrogen) atoms. The Morgan fingerprint density at radius 3 is 2.53 bits per heavy atom. The highest BCUT2D eigenvalue weighted by Crippen LogP contribution is 2.30. The van der Waals surface area contributed by atoms with Crippen LogP contribution in [0, 0.1) is 6.92 Å². The van der Waals surface area contributed by atoms with E-state index in [2.05, 4.69) is 26.7 Å². The summed E-state index contributed by atoms with van der Waals surface area (Å²) in [5.41, 5.74) is 2.80. The van der Waals surface area contributed by atoms with E-state index in [9.17, 15) is 4.79 Å². The first-order valence-corrected chi connectivity index (χ1v) is 11.9. The monoisotopic (exact) mass is 457 g/mol. The van der Waals surface area contributed by atoms with Crippen LogP contribution >= 0.6 is 11.9 Å². The smallest absolute Gasteiger partial charge is 0.253 e. The molecule has 0 saturated carbocycles. The van der Waals surface area contributed by atoms with E-state index >= 15 is 0 Å². The second kappa shape index (κ2) is 11.6. The number of benzene rings is 2. The molecular formula is C24H31N3O4S. The lowest BCUT2D eigenvalue weighted by atomic mass is 10.1. The zero-order valence-corrected chi connectivity index (χ0v) is 19.4. The molecule has 0 aromatic heterocycles. The van der Waals surface area contributed by atoms with Gasteiger partial charge in [-0.05, 0) is 54.8 Å². The Morgan fingerprint density at radius 2 is 1.78 bits per heavy atom. The van der Waals surface area contributed by atoms with Gasteiger partial charge in [0, 0.05) is 36.8 Å². The molecule has 0 atom stereocenters. The van der Waals surface area contributed by atoms with E-state index in [1.165, 1.54) is 0 Å². The van der Waals surface area contributed by atoms with Gasteiger partial charge in [0.25, 0.3) is 5.91 Å². The van der Waals surface area contributed by atoms with E-state index in [-0.39, 0.29) is 5.91 Å². The van der Waals surface area contributed by atoms with Crippen molar-refractivity contribution in [3.63, 3.8) is 0 Å². The number of carbonyl (C=O) groups excluding carboxylic acids is 1. The molecule has 1 amide bonds. The number of nitrogens with one attached hydrogen (secondary N) is 1. The zero-order chi connectivity index (χ0) is 22.2. The van der Waals surface area contributed by atoms with Crippen molar-refractivity contribution in [2.24, 2.45) is 0 Å². The Hall–Kier alpha value is -2.26. The predicted octanol–water partition coefficient (Wildman–Crippen LogP) is 2.98. The molecule has 2 heterocycles. The normalized spacial score (nSPS) is 17.2. The third kappa shape index (κ3) is 6.38. The van der Waals surface area contributed by atoms with Gasteiger partial charge >= 0.3 is 0 Å². The van der Waals surface area contributed by atoms with E-state index in [1.807, 2.05) is 37.3 Å². The van der Waals surface area contributed by atoms with E-state index in [1.54, 1.807) is 11.9 Å². The Kier molecular flexibility index (Phi) is 8.28. The quantitative estimate of drug-likeness (QED) is 0.483. The van der Waals surface area contributed by atoms with Crippen LogP contribution in [0.2, 0.25) is 0 Å². The molecule has 2 fully saturated rings. The topological polar surface area (TPSA) is 63.3 Å². The molecule has 0 unspecified atom stereocenters. The van der Waals surface area contributed by atoms with Gasteiger partial charge < -0.3 is 24.4 Å². The molecule has 0 aliphatic carbocycles. The molecule has 2 saturated heterocycles. The lowest BCUT2D eigenvalue weighted by Crippen LogP contribution is -2.38. The van der Waals surface area contributed by atoms with Gasteiger partial charge in [-0.2, -0.15) is 0 Å². The Morgan fingerprint density at radius 1 is 1.03 bits per heavy atom. The molecule has 0 spiro atoms. The fourth-order valence-corrected chi connectivity index (χ4v) is 4.68. The number of aryl methyl sites for hydroxylation is 1. The van der Waals surface area contributed by atoms with Gasteiger partial charge in [0.1, 0.15) is 12.4 Å². The van der Waals surface area contributed by atoms with Crippen molar-refractivity contribution in [2.75, 3.05) is 70.7 Å². The maximum atomic E-state index is 13.2. The summed E-state index contributed by atoms with van der Waals surface area (Å²) in [7, 11) is 0. The van der Waals surface area contributed by atoms with Gasteiger partial charge in [-0.1, -0.05) is 12.1 Å². The third-order valence-corrected chi connectivity index (χ3v) is 6.50. The highest BCUT2D eigenvalue weighted by atomic mass is 32.2. The van der Waals surface area contributed by atoms with Crippen LogP contribution < -0.4 is 15.0 Å². The summed E-state index contributed by atoms with van der Waals surface area (Å²) in [4.78, 5) is 16.4. The molecule has 2 aromatic rings. The first kappa shape index (κ1) is 22.9. The standard InChI is InChI=1S/C24H31N3O4S/c1-19-3-2-4-20(17-19)31-12-7-25-24(28)22-18-21(32-27-10-15-30-16-11-27)5-6-23(22)26-8-13-29-14-9-26/h2-6,17-18H,7-16H2,1H3,(H,25,28). The van der Waals surface area contributed by atoms with Crippen LogP contribution in [0.4, 0.5) is 5.69 Å². The van der Waals surface area contributed by atoms with Gasteiger partial charge in [-0.15, -0.1) is 0 Å². The molecule has 1 N–H and O–H groups in total. The van der Waals surface area contributed by atoms with E-state index < -0.39 is 0 Å². The second-order valence-corrected chi connectivity index (χ2v) is 9.00. The Balaban J connectivity index is 1.41. The van der Waals surface area contributed by atoms with Crippen molar-refractivity contribution >= 4 is 23.5 Å². The van der Waals surface area contributed by atoms with E-state index in [4.69, 9.17) is 14.2 Å². The van der Waals surface area contributed by atoms with Crippen LogP contribution in [0.5, 0.6) is 5.75 Å². The van der Waals surface area contributed by atoms with Gasteiger partial charge in [-0.25, -0.2) is 4.31 Å². The van der Waals surface area contributed by atoms with Crippen molar-refractivity contribution < 1.29 is 19.0 Å². The summed E-state index contributed by atoms with van der Waals surface area (Å²) >= 11 is 1.68. The van der Waals surface area contributed by atoms with Crippen molar-refractivity contribution in [3.8, 4) is 5.75 Å². The molecule has 8 heteroatoms. The molecule has 4 rings (SSSR count). The minimum absolute atomic E-state index is 0.0799. The number of nitrogens with zero attached hydrogens (tertiary/aromatic N) is 2. The van der Waals surface area contributed by atoms with Crippen molar-refractivity contribution in [1.29, 1.82) is 0 Å². The van der Waals surface area contributed by atoms with E-state index in [0.717, 1.165) is 61.3 Å². The van der Waals surface area contributed by atoms with Crippen molar-refractivity contribution in [2.45, 2.75) is 11.8 Å². The lowest BCUT2D eigenvalue weighted by Gasteiger charge is -2.31. The van der Waals surface area contributed by atoms with Crippen LogP contribution in [0.3, 0.4) is 0 Å². The van der Waals surface area contributed by atoms with Crippen LogP contribution in [0.15, 0.2) is 47.4 Å². The molecule has 2 aliphatic heterocycles. The van der Waals surface area contributed by atoms with E-state index in [0.29, 0.717) is 31.9 Å². The number of rotatable bonds is 8. The molecular weight excluding hydrogens is 426 g/mol. The first-order chi connectivity index (χ1) is 15.7. The first-order valence-electron chi connectivity index (χ1n) is 11.1. The SMILES string of the molecule is Cc1cccc(OCCNC(=O)c2cc(SN3CCOCC3)ccc2N2CCOCC2)c1. The van der Waals surface area contributed by atoms with Crippen LogP contribution in [0.1, 0.15) is 15.9 Å². The summed E-state index contributed by atoms with van der Waals surface area (Å²) in [5, 5.41) is 3.03. The summed E-state index contributed by atoms with van der Waals surface area (Å²) in [6.45, 7) is 9.07. The van der Waals surface area contributed by atoms with Gasteiger partial charge in [0.15, 0.2) is 0 Å². The van der Waals surface area contributed by atoms with Gasteiger partial charge in [0.05, 0.1) is 38.5 Å². The van der Waals surface area contributed by atoms with Crippen molar-refractivity contribution in [1.82, 2.24) is 9.62 Å². The number of amides is 1. The van der Waals surface area contributed by atoms with Crippen LogP contribution in [0.25, 0.3) is 0 Å². The molecule has 2 aromatic carbocycles. The average molecular weight is 458 g/mol. The summed E-state index contributed by atoms with van der Waals surface area (Å²) in [5.74, 6) is 0.737. The Bertz CT molecular complexity index is 899. The third-order valence-electron chi connectivity index (χ3n) is 5.41. The fraction of sp³-hybridized carbons (Fsp3) is 0.458. The average Bonchev–Trinajstić information content (AvgIpc) is 2.83. The molecule has 2 aliphatic rings. The van der Waals surface area contributed by atoms with Crippen LogP contribution in [-0.4, -0.2) is 76.0 Å². The van der Waals surface area contributed by atoms with Crippen LogP contribution in [-0.2, 0) is 9.47 Å². The predicted molar refractivity (Wildman–Crippen MR) is 127 cm³/mol. The molecule has 7 nitrogen and oxygen atoms in total. The number of anilines is 1.